The lowest BCUT2D eigenvalue weighted by atomic mass is 9.79. The third kappa shape index (κ3) is 5.39. The number of nitrogens with zero attached hydrogens (tertiary/aromatic N) is 3. The number of aromatic nitrogens is 1. The predicted molar refractivity (Wildman–Crippen MR) is 119 cm³/mol. The fraction of sp³-hybridized carbons (Fsp3) is 0.636. The lowest BCUT2D eigenvalue weighted by Gasteiger charge is -2.36. The van der Waals surface area contributed by atoms with Gasteiger partial charge in [-0.15, -0.1) is 0 Å². The SMILES string of the molecule is O=C(O)NCC[C@H]1CC[C@@H](CCN2CCN(c3nsc4ccccc34)CC2)CC1. The summed E-state index contributed by atoms with van der Waals surface area (Å²) in [6.45, 7) is 6.20. The summed E-state index contributed by atoms with van der Waals surface area (Å²) in [4.78, 5) is 15.6. The van der Waals surface area contributed by atoms with Gasteiger partial charge < -0.3 is 15.3 Å². The van der Waals surface area contributed by atoms with Gasteiger partial charge in [-0.2, -0.15) is 4.37 Å². The van der Waals surface area contributed by atoms with E-state index >= 15 is 0 Å². The highest BCUT2D eigenvalue weighted by Gasteiger charge is 2.24. The fourth-order valence-corrected chi connectivity index (χ4v) is 5.64. The molecule has 29 heavy (non-hydrogen) atoms. The van der Waals surface area contributed by atoms with E-state index in [1.807, 2.05) is 0 Å². The van der Waals surface area contributed by atoms with Gasteiger partial charge in [0.1, 0.15) is 5.82 Å². The summed E-state index contributed by atoms with van der Waals surface area (Å²) in [7, 11) is 0. The molecule has 158 valence electrons. The van der Waals surface area contributed by atoms with Crippen LogP contribution in [0.15, 0.2) is 24.3 Å². The molecule has 2 aromatic rings. The highest BCUT2D eigenvalue weighted by Crippen LogP contribution is 2.33. The first-order valence-electron chi connectivity index (χ1n) is 11.0. The van der Waals surface area contributed by atoms with E-state index in [1.54, 1.807) is 11.5 Å². The van der Waals surface area contributed by atoms with Gasteiger partial charge in [0, 0.05) is 38.1 Å². The minimum atomic E-state index is -0.901. The monoisotopic (exact) mass is 416 g/mol. The van der Waals surface area contributed by atoms with Gasteiger partial charge in [0.2, 0.25) is 0 Å². The zero-order valence-corrected chi connectivity index (χ0v) is 17.9. The van der Waals surface area contributed by atoms with Crippen LogP contribution in [0.25, 0.3) is 10.1 Å². The molecule has 0 radical (unpaired) electrons. The maximum absolute atomic E-state index is 10.6. The van der Waals surface area contributed by atoms with Gasteiger partial charge in [-0.3, -0.25) is 4.90 Å². The Labute approximate surface area is 177 Å². The maximum Gasteiger partial charge on any atom is 0.404 e. The summed E-state index contributed by atoms with van der Waals surface area (Å²) in [6, 6.07) is 8.54. The molecule has 2 fully saturated rings. The van der Waals surface area contributed by atoms with Crippen LogP contribution in [0.5, 0.6) is 0 Å². The van der Waals surface area contributed by atoms with Crippen LogP contribution in [-0.4, -0.2) is 59.7 Å². The van der Waals surface area contributed by atoms with Gasteiger partial charge in [-0.1, -0.05) is 37.8 Å². The van der Waals surface area contributed by atoms with E-state index < -0.39 is 6.09 Å². The molecule has 0 spiro atoms. The molecule has 7 heteroatoms. The summed E-state index contributed by atoms with van der Waals surface area (Å²) in [5.74, 6) is 2.72. The van der Waals surface area contributed by atoms with Crippen molar-refractivity contribution >= 4 is 33.5 Å². The van der Waals surface area contributed by atoms with Crippen molar-refractivity contribution in [3.8, 4) is 0 Å². The minimum Gasteiger partial charge on any atom is -0.465 e. The van der Waals surface area contributed by atoms with E-state index in [4.69, 9.17) is 9.48 Å². The molecule has 1 aromatic heterocycles. The predicted octanol–water partition coefficient (Wildman–Crippen LogP) is 4.27. The number of rotatable bonds is 7. The van der Waals surface area contributed by atoms with Gasteiger partial charge in [-0.05, 0) is 54.9 Å². The molecule has 6 nitrogen and oxygen atoms in total. The second kappa shape index (κ2) is 9.76. The van der Waals surface area contributed by atoms with E-state index in [2.05, 4.69) is 39.4 Å². The van der Waals surface area contributed by atoms with E-state index in [1.165, 1.54) is 54.6 Å². The number of anilines is 1. The highest BCUT2D eigenvalue weighted by atomic mass is 32.1. The number of hydrogen-bond acceptors (Lipinski definition) is 5. The first-order valence-corrected chi connectivity index (χ1v) is 11.7. The number of piperazine rings is 1. The van der Waals surface area contributed by atoms with Crippen LogP contribution in [0.2, 0.25) is 0 Å². The summed E-state index contributed by atoms with van der Waals surface area (Å²) < 4.78 is 5.99. The number of fused-ring (bicyclic) bond motifs is 1. The number of carbonyl (C=O) groups is 1. The van der Waals surface area contributed by atoms with Crippen molar-refractivity contribution in [2.45, 2.75) is 38.5 Å². The van der Waals surface area contributed by atoms with Gasteiger partial charge >= 0.3 is 6.09 Å². The van der Waals surface area contributed by atoms with Crippen molar-refractivity contribution in [1.82, 2.24) is 14.6 Å². The Kier molecular flexibility index (Phi) is 6.87. The van der Waals surface area contributed by atoms with Crippen LogP contribution in [0.3, 0.4) is 0 Å². The molecule has 0 atom stereocenters. The molecule has 0 bridgehead atoms. The van der Waals surface area contributed by atoms with Gasteiger partial charge in [0.05, 0.1) is 4.70 Å². The highest BCUT2D eigenvalue weighted by molar-refractivity contribution is 7.13. The number of benzene rings is 1. The topological polar surface area (TPSA) is 68.7 Å². The van der Waals surface area contributed by atoms with Crippen molar-refractivity contribution in [2.75, 3.05) is 44.2 Å². The molecule has 0 unspecified atom stereocenters. The Morgan fingerprint density at radius 2 is 1.76 bits per heavy atom. The Hall–Kier alpha value is -1.86. The van der Waals surface area contributed by atoms with Gasteiger partial charge in [-0.25, -0.2) is 4.79 Å². The standard InChI is InChI=1S/C22H32N4O2S/c27-22(28)23-11-9-17-5-7-18(8-6-17)10-12-25-13-15-26(16-14-25)21-19-3-1-2-4-20(19)29-24-21/h1-4,17-18,23H,5-16H2,(H,27,28)/t17-,18+. The molecule has 2 N–H and O–H groups in total. The van der Waals surface area contributed by atoms with Gasteiger partial charge in [0.25, 0.3) is 0 Å². The van der Waals surface area contributed by atoms with Crippen LogP contribution >= 0.6 is 11.5 Å². The number of amides is 1. The first-order chi connectivity index (χ1) is 14.2. The normalized spacial score (nSPS) is 23.4. The van der Waals surface area contributed by atoms with Crippen LogP contribution in [-0.2, 0) is 0 Å². The Balaban J connectivity index is 1.15. The molecule has 1 amide bonds. The fourth-order valence-electron chi connectivity index (χ4n) is 4.84. The molecule has 4 rings (SSSR count). The average molecular weight is 417 g/mol. The summed E-state index contributed by atoms with van der Waals surface area (Å²) in [5, 5.41) is 12.5. The van der Waals surface area contributed by atoms with E-state index in [0.717, 1.165) is 38.5 Å². The second-order valence-corrected chi connectivity index (χ2v) is 9.33. The molecule has 2 heterocycles. The van der Waals surface area contributed by atoms with Crippen molar-refractivity contribution in [3.63, 3.8) is 0 Å². The molecule has 1 saturated heterocycles. The lowest BCUT2D eigenvalue weighted by Crippen LogP contribution is -2.47. The molecular formula is C22H32N4O2S. The molecule has 2 aliphatic rings. The zero-order valence-electron chi connectivity index (χ0n) is 17.1. The molecule has 1 saturated carbocycles. The zero-order chi connectivity index (χ0) is 20.1. The van der Waals surface area contributed by atoms with Crippen molar-refractivity contribution in [1.29, 1.82) is 0 Å². The van der Waals surface area contributed by atoms with E-state index in [-0.39, 0.29) is 0 Å². The number of nitrogens with one attached hydrogen (secondary N) is 1. The van der Waals surface area contributed by atoms with Crippen LogP contribution in [0.4, 0.5) is 10.6 Å². The molecule has 1 aliphatic carbocycles. The number of carboxylic acid groups (broad SMARTS) is 1. The Morgan fingerprint density at radius 1 is 1.07 bits per heavy atom. The van der Waals surface area contributed by atoms with E-state index in [0.29, 0.717) is 12.5 Å². The smallest absolute Gasteiger partial charge is 0.404 e. The minimum absolute atomic E-state index is 0.600. The van der Waals surface area contributed by atoms with Crippen LogP contribution in [0, 0.1) is 11.8 Å². The van der Waals surface area contributed by atoms with Gasteiger partial charge in [0.15, 0.2) is 0 Å². The number of hydrogen-bond donors (Lipinski definition) is 2. The Morgan fingerprint density at radius 3 is 2.48 bits per heavy atom. The molecule has 1 aromatic carbocycles. The third-order valence-electron chi connectivity index (χ3n) is 6.68. The lowest BCUT2D eigenvalue weighted by molar-refractivity contribution is 0.188. The third-order valence-corrected chi connectivity index (χ3v) is 7.50. The maximum atomic E-state index is 10.6. The summed E-state index contributed by atoms with van der Waals surface area (Å²) >= 11 is 1.61. The second-order valence-electron chi connectivity index (χ2n) is 8.53. The van der Waals surface area contributed by atoms with Crippen molar-refractivity contribution < 1.29 is 9.90 Å². The summed E-state index contributed by atoms with van der Waals surface area (Å²) in [6.07, 6.45) is 6.53. The molecule has 1 aliphatic heterocycles. The van der Waals surface area contributed by atoms with Crippen LogP contribution in [0.1, 0.15) is 38.5 Å². The van der Waals surface area contributed by atoms with E-state index in [9.17, 15) is 4.79 Å². The first kappa shape index (κ1) is 20.4. The van der Waals surface area contributed by atoms with Crippen molar-refractivity contribution in [3.05, 3.63) is 24.3 Å². The summed E-state index contributed by atoms with van der Waals surface area (Å²) in [5.41, 5.74) is 0. The Bertz CT molecular complexity index is 795. The van der Waals surface area contributed by atoms with Crippen molar-refractivity contribution in [2.24, 2.45) is 11.8 Å². The van der Waals surface area contributed by atoms with Crippen LogP contribution < -0.4 is 10.2 Å². The largest absolute Gasteiger partial charge is 0.465 e. The average Bonchev–Trinajstić information content (AvgIpc) is 3.17. The molecular weight excluding hydrogens is 384 g/mol. The quantitative estimate of drug-likeness (QED) is 0.705.